The van der Waals surface area contributed by atoms with Crippen LogP contribution in [0.3, 0.4) is 0 Å². The van der Waals surface area contributed by atoms with Crippen LogP contribution in [-0.2, 0) is 9.59 Å². The molecule has 17 heavy (non-hydrogen) atoms. The van der Waals surface area contributed by atoms with Gasteiger partial charge in [-0.15, -0.1) is 11.8 Å². The van der Waals surface area contributed by atoms with Gasteiger partial charge in [0.15, 0.2) is 0 Å². The van der Waals surface area contributed by atoms with Gasteiger partial charge in [-0.25, -0.2) is 0 Å². The van der Waals surface area contributed by atoms with Crippen molar-refractivity contribution < 1.29 is 19.8 Å². The fourth-order valence-corrected chi connectivity index (χ4v) is 3.38. The number of thioether (sulfide) groups is 1. The van der Waals surface area contributed by atoms with Crippen molar-refractivity contribution >= 4 is 23.7 Å². The quantitative estimate of drug-likeness (QED) is 0.703. The van der Waals surface area contributed by atoms with Crippen molar-refractivity contribution in [2.24, 2.45) is 11.8 Å². The van der Waals surface area contributed by atoms with E-state index in [0.29, 0.717) is 12.8 Å². The molecule has 0 aliphatic heterocycles. The lowest BCUT2D eigenvalue weighted by Gasteiger charge is -2.31. The average Bonchev–Trinajstić information content (AvgIpc) is 2.11. The van der Waals surface area contributed by atoms with Crippen LogP contribution in [0.15, 0.2) is 0 Å². The molecule has 5 heteroatoms. The van der Waals surface area contributed by atoms with Gasteiger partial charge in [-0.2, -0.15) is 0 Å². The molecule has 4 nitrogen and oxygen atoms in total. The molecule has 0 radical (unpaired) electrons. The molecule has 0 atom stereocenters. The van der Waals surface area contributed by atoms with E-state index < -0.39 is 16.7 Å². The van der Waals surface area contributed by atoms with E-state index >= 15 is 0 Å². The molecule has 0 saturated heterocycles. The van der Waals surface area contributed by atoms with Crippen molar-refractivity contribution in [2.75, 3.05) is 5.75 Å². The van der Waals surface area contributed by atoms with Gasteiger partial charge in [0, 0.05) is 0 Å². The maximum Gasteiger partial charge on any atom is 0.319 e. The summed E-state index contributed by atoms with van der Waals surface area (Å²) in [6.45, 7) is 7.83. The van der Waals surface area contributed by atoms with E-state index in [0.717, 1.165) is 11.8 Å². The van der Waals surface area contributed by atoms with E-state index in [1.807, 2.05) is 27.7 Å². The molecule has 0 bridgehead atoms. The predicted octanol–water partition coefficient (Wildman–Crippen LogP) is 2.72. The van der Waals surface area contributed by atoms with Crippen LogP contribution in [0.25, 0.3) is 0 Å². The molecule has 0 fully saturated rings. The molecule has 100 valence electrons. The fraction of sp³-hybridized carbons (Fsp3) is 0.833. The predicted molar refractivity (Wildman–Crippen MR) is 69.4 cm³/mol. The zero-order valence-corrected chi connectivity index (χ0v) is 11.7. The molecule has 0 aromatic carbocycles. The number of rotatable bonds is 8. The highest BCUT2D eigenvalue weighted by molar-refractivity contribution is 8.02. The average molecular weight is 262 g/mol. The Labute approximate surface area is 107 Å². The van der Waals surface area contributed by atoms with Crippen LogP contribution >= 0.6 is 11.8 Å². The van der Waals surface area contributed by atoms with Gasteiger partial charge in [0.2, 0.25) is 0 Å². The lowest BCUT2D eigenvalue weighted by Crippen LogP contribution is -2.39. The summed E-state index contributed by atoms with van der Waals surface area (Å²) in [6.07, 6.45) is 0.997. The summed E-state index contributed by atoms with van der Waals surface area (Å²) in [4.78, 5) is 22.1. The topological polar surface area (TPSA) is 74.6 Å². The van der Waals surface area contributed by atoms with Crippen molar-refractivity contribution in [1.82, 2.24) is 0 Å². The smallest absolute Gasteiger partial charge is 0.319 e. The van der Waals surface area contributed by atoms with Crippen LogP contribution in [0, 0.1) is 11.8 Å². The third-order valence-electron chi connectivity index (χ3n) is 2.34. The highest BCUT2D eigenvalue weighted by Gasteiger charge is 2.40. The van der Waals surface area contributed by atoms with Gasteiger partial charge in [-0.3, -0.25) is 9.59 Å². The first-order chi connectivity index (χ1) is 7.69. The number of aliphatic carboxylic acids is 2. The summed E-state index contributed by atoms with van der Waals surface area (Å²) in [5, 5.41) is 18.1. The lowest BCUT2D eigenvalue weighted by atomic mass is 9.88. The Morgan fingerprint density at radius 3 is 1.71 bits per heavy atom. The minimum absolute atomic E-state index is 0.161. The normalized spacial score (nSPS) is 12.1. The van der Waals surface area contributed by atoms with E-state index in [9.17, 15) is 14.7 Å². The molecule has 0 aromatic rings. The second kappa shape index (κ2) is 6.89. The zero-order chi connectivity index (χ0) is 13.6. The third kappa shape index (κ3) is 5.96. The molecule has 0 aliphatic rings. The lowest BCUT2D eigenvalue weighted by molar-refractivity contribution is -0.140. The molecule has 2 N–H and O–H groups in total. The van der Waals surface area contributed by atoms with E-state index in [1.165, 1.54) is 0 Å². The molecular formula is C12H22O4S. The SMILES string of the molecule is CC(C)CC(CC(C)C)(SCC(=O)O)C(=O)O. The molecular weight excluding hydrogens is 240 g/mol. The maximum absolute atomic E-state index is 11.5. The monoisotopic (exact) mass is 262 g/mol. The van der Waals surface area contributed by atoms with Crippen LogP contribution < -0.4 is 0 Å². The second-order valence-electron chi connectivity index (χ2n) is 5.18. The summed E-state index contributed by atoms with van der Waals surface area (Å²) in [5.41, 5.74) is 0. The number of carbonyl (C=O) groups is 2. The zero-order valence-electron chi connectivity index (χ0n) is 10.9. The highest BCUT2D eigenvalue weighted by Crippen LogP contribution is 2.38. The first-order valence-electron chi connectivity index (χ1n) is 5.78. The first kappa shape index (κ1) is 16.3. The minimum atomic E-state index is -0.972. The van der Waals surface area contributed by atoms with E-state index in [4.69, 9.17) is 5.11 Å². The van der Waals surface area contributed by atoms with Gasteiger partial charge >= 0.3 is 11.9 Å². The number of hydrogen-bond acceptors (Lipinski definition) is 3. The second-order valence-corrected chi connectivity index (χ2v) is 6.54. The molecule has 0 saturated carbocycles. The Bertz CT molecular complexity index is 264. The van der Waals surface area contributed by atoms with Crippen LogP contribution in [0.5, 0.6) is 0 Å². The number of carboxylic acid groups (broad SMARTS) is 2. The minimum Gasteiger partial charge on any atom is -0.481 e. The van der Waals surface area contributed by atoms with Crippen LogP contribution in [0.1, 0.15) is 40.5 Å². The van der Waals surface area contributed by atoms with E-state index in [1.54, 1.807) is 0 Å². The van der Waals surface area contributed by atoms with Crippen molar-refractivity contribution in [3.63, 3.8) is 0 Å². The van der Waals surface area contributed by atoms with Gasteiger partial charge in [0.25, 0.3) is 0 Å². The standard InChI is InChI=1S/C12H22O4S/c1-8(2)5-12(11(15)16,6-9(3)4)17-7-10(13)14/h8-9H,5-7H2,1-4H3,(H,13,14)(H,15,16). The molecule has 0 rings (SSSR count). The summed E-state index contributed by atoms with van der Waals surface area (Å²) in [5.74, 6) is -1.57. The first-order valence-corrected chi connectivity index (χ1v) is 6.77. The van der Waals surface area contributed by atoms with E-state index in [-0.39, 0.29) is 17.6 Å². The number of hydrogen-bond donors (Lipinski definition) is 2. The van der Waals surface area contributed by atoms with Gasteiger partial charge in [0.1, 0.15) is 4.75 Å². The van der Waals surface area contributed by atoms with E-state index in [2.05, 4.69) is 0 Å². The molecule has 0 unspecified atom stereocenters. The Hall–Kier alpha value is -0.710. The summed E-state index contributed by atoms with van der Waals surface area (Å²) in [6, 6.07) is 0. The van der Waals surface area contributed by atoms with Crippen molar-refractivity contribution in [3.8, 4) is 0 Å². The molecule has 0 heterocycles. The number of carboxylic acids is 2. The van der Waals surface area contributed by atoms with Gasteiger partial charge in [-0.05, 0) is 24.7 Å². The third-order valence-corrected chi connectivity index (χ3v) is 3.79. The largest absolute Gasteiger partial charge is 0.481 e. The molecule has 0 aliphatic carbocycles. The Morgan fingerprint density at radius 2 is 1.47 bits per heavy atom. The Balaban J connectivity index is 4.94. The van der Waals surface area contributed by atoms with Crippen molar-refractivity contribution in [1.29, 1.82) is 0 Å². The van der Waals surface area contributed by atoms with Crippen LogP contribution in [0.2, 0.25) is 0 Å². The fourth-order valence-electron chi connectivity index (χ4n) is 1.96. The molecule has 0 amide bonds. The van der Waals surface area contributed by atoms with Crippen LogP contribution in [-0.4, -0.2) is 32.7 Å². The van der Waals surface area contributed by atoms with Crippen molar-refractivity contribution in [2.45, 2.75) is 45.3 Å². The Morgan fingerprint density at radius 1 is 1.06 bits per heavy atom. The molecule has 0 spiro atoms. The van der Waals surface area contributed by atoms with Crippen LogP contribution in [0.4, 0.5) is 0 Å². The maximum atomic E-state index is 11.5. The Kier molecular flexibility index (Phi) is 6.60. The van der Waals surface area contributed by atoms with Crippen molar-refractivity contribution in [3.05, 3.63) is 0 Å². The molecule has 0 aromatic heterocycles. The van der Waals surface area contributed by atoms with Gasteiger partial charge < -0.3 is 10.2 Å². The summed E-state index contributed by atoms with van der Waals surface area (Å²) >= 11 is 1.04. The summed E-state index contributed by atoms with van der Waals surface area (Å²) < 4.78 is -0.972. The highest BCUT2D eigenvalue weighted by atomic mass is 32.2. The van der Waals surface area contributed by atoms with Gasteiger partial charge in [-0.1, -0.05) is 27.7 Å². The summed E-state index contributed by atoms with van der Waals surface area (Å²) in [7, 11) is 0. The van der Waals surface area contributed by atoms with Gasteiger partial charge in [0.05, 0.1) is 5.75 Å².